The van der Waals surface area contributed by atoms with Gasteiger partial charge in [-0.25, -0.2) is 4.39 Å². The summed E-state index contributed by atoms with van der Waals surface area (Å²) in [6.07, 6.45) is 0.922. The average molecular weight is 303 g/mol. The third-order valence-electron chi connectivity index (χ3n) is 3.58. The van der Waals surface area contributed by atoms with Crippen LogP contribution in [0.1, 0.15) is 13.3 Å². The second kappa shape index (κ2) is 6.90. The Labute approximate surface area is 124 Å². The van der Waals surface area contributed by atoms with Crippen molar-refractivity contribution in [2.24, 2.45) is 11.1 Å². The summed E-state index contributed by atoms with van der Waals surface area (Å²) in [5, 5.41) is 0. The predicted molar refractivity (Wildman–Crippen MR) is 77.5 cm³/mol. The second-order valence-corrected chi connectivity index (χ2v) is 5.32. The molecule has 1 aromatic rings. The summed E-state index contributed by atoms with van der Waals surface area (Å²) in [4.78, 5) is 13.7. The molecule has 0 bridgehead atoms. The summed E-state index contributed by atoms with van der Waals surface area (Å²) in [7, 11) is 0. The Morgan fingerprint density at radius 2 is 2.10 bits per heavy atom. The minimum atomic E-state index is -0.322. The molecule has 4 nitrogen and oxygen atoms in total. The van der Waals surface area contributed by atoms with Crippen LogP contribution >= 0.6 is 12.4 Å². The molecule has 1 fully saturated rings. The van der Waals surface area contributed by atoms with Gasteiger partial charge in [-0.05, 0) is 42.6 Å². The van der Waals surface area contributed by atoms with Crippen molar-refractivity contribution in [3.05, 3.63) is 30.1 Å². The lowest BCUT2D eigenvalue weighted by Gasteiger charge is -2.22. The third-order valence-corrected chi connectivity index (χ3v) is 3.58. The number of carbonyl (C=O) groups excluding carboxylic acids is 1. The first kappa shape index (κ1) is 16.7. The molecule has 1 aliphatic rings. The molecule has 1 amide bonds. The Kier molecular flexibility index (Phi) is 5.77. The SMILES string of the molecule is CC1(CN)CCN(C(=O)COc2ccc(F)cc2)C1.Cl. The van der Waals surface area contributed by atoms with Crippen molar-refractivity contribution >= 4 is 18.3 Å². The number of amides is 1. The van der Waals surface area contributed by atoms with E-state index >= 15 is 0 Å². The van der Waals surface area contributed by atoms with Crippen molar-refractivity contribution in [2.45, 2.75) is 13.3 Å². The van der Waals surface area contributed by atoms with E-state index in [4.69, 9.17) is 10.5 Å². The molecule has 1 aromatic carbocycles. The van der Waals surface area contributed by atoms with Crippen LogP contribution in [-0.4, -0.2) is 37.0 Å². The molecular formula is C14H20ClFN2O2. The molecule has 0 aromatic heterocycles. The molecular weight excluding hydrogens is 283 g/mol. The van der Waals surface area contributed by atoms with Gasteiger partial charge in [-0.1, -0.05) is 6.92 Å². The summed E-state index contributed by atoms with van der Waals surface area (Å²) in [6, 6.07) is 5.63. The van der Waals surface area contributed by atoms with Gasteiger partial charge in [0.15, 0.2) is 6.61 Å². The lowest BCUT2D eigenvalue weighted by molar-refractivity contribution is -0.132. The van der Waals surface area contributed by atoms with Crippen LogP contribution in [0.5, 0.6) is 5.75 Å². The van der Waals surface area contributed by atoms with Crippen molar-refractivity contribution in [3.63, 3.8) is 0 Å². The highest BCUT2D eigenvalue weighted by Gasteiger charge is 2.34. The number of rotatable bonds is 4. The van der Waals surface area contributed by atoms with Gasteiger partial charge in [-0.2, -0.15) is 0 Å². The molecule has 1 atom stereocenters. The molecule has 0 saturated carbocycles. The third kappa shape index (κ3) is 4.08. The molecule has 2 N–H and O–H groups in total. The average Bonchev–Trinajstić information content (AvgIpc) is 2.81. The van der Waals surface area contributed by atoms with Crippen LogP contribution < -0.4 is 10.5 Å². The Balaban J connectivity index is 0.00000200. The van der Waals surface area contributed by atoms with E-state index in [1.165, 1.54) is 24.3 Å². The maximum atomic E-state index is 12.7. The van der Waals surface area contributed by atoms with Crippen molar-refractivity contribution in [3.8, 4) is 5.75 Å². The predicted octanol–water partition coefficient (Wildman–Crippen LogP) is 1.82. The molecule has 0 aliphatic carbocycles. The number of ether oxygens (including phenoxy) is 1. The highest BCUT2D eigenvalue weighted by molar-refractivity contribution is 5.85. The van der Waals surface area contributed by atoms with Crippen LogP contribution in [-0.2, 0) is 4.79 Å². The molecule has 0 spiro atoms. The van der Waals surface area contributed by atoms with Crippen LogP contribution in [0.3, 0.4) is 0 Å². The number of carbonyl (C=O) groups is 1. The number of hydrogen-bond acceptors (Lipinski definition) is 3. The van der Waals surface area contributed by atoms with Gasteiger partial charge in [-0.3, -0.25) is 4.79 Å². The monoisotopic (exact) mass is 302 g/mol. The summed E-state index contributed by atoms with van der Waals surface area (Å²) in [6.45, 7) is 4.04. The van der Waals surface area contributed by atoms with E-state index in [1.54, 1.807) is 4.90 Å². The molecule has 1 saturated heterocycles. The van der Waals surface area contributed by atoms with E-state index in [-0.39, 0.29) is 36.2 Å². The zero-order chi connectivity index (χ0) is 13.9. The smallest absolute Gasteiger partial charge is 0.260 e. The van der Waals surface area contributed by atoms with Crippen molar-refractivity contribution in [1.29, 1.82) is 0 Å². The summed E-state index contributed by atoms with van der Waals surface area (Å²) < 4.78 is 18.1. The highest BCUT2D eigenvalue weighted by Crippen LogP contribution is 2.28. The van der Waals surface area contributed by atoms with Crippen molar-refractivity contribution < 1.29 is 13.9 Å². The topological polar surface area (TPSA) is 55.6 Å². The van der Waals surface area contributed by atoms with E-state index in [0.717, 1.165) is 13.0 Å². The van der Waals surface area contributed by atoms with Gasteiger partial charge in [-0.15, -0.1) is 12.4 Å². The molecule has 20 heavy (non-hydrogen) atoms. The van der Waals surface area contributed by atoms with E-state index < -0.39 is 0 Å². The zero-order valence-corrected chi connectivity index (χ0v) is 12.3. The van der Waals surface area contributed by atoms with E-state index in [2.05, 4.69) is 6.92 Å². The molecule has 112 valence electrons. The van der Waals surface area contributed by atoms with Gasteiger partial charge in [0.2, 0.25) is 0 Å². The van der Waals surface area contributed by atoms with Gasteiger partial charge in [0.25, 0.3) is 5.91 Å². The Morgan fingerprint density at radius 3 is 2.65 bits per heavy atom. The van der Waals surface area contributed by atoms with Crippen LogP contribution in [0.15, 0.2) is 24.3 Å². The molecule has 1 unspecified atom stereocenters. The minimum absolute atomic E-state index is 0. The number of nitrogens with two attached hydrogens (primary N) is 1. The fraction of sp³-hybridized carbons (Fsp3) is 0.500. The quantitative estimate of drug-likeness (QED) is 0.923. The maximum Gasteiger partial charge on any atom is 0.260 e. The number of hydrogen-bond donors (Lipinski definition) is 1. The standard InChI is InChI=1S/C14H19FN2O2.ClH/c1-14(9-16)6-7-17(10-14)13(18)8-19-12-4-2-11(15)3-5-12;/h2-5H,6-10,16H2,1H3;1H. The summed E-state index contributed by atoms with van der Waals surface area (Å²) in [5.41, 5.74) is 5.72. The fourth-order valence-corrected chi connectivity index (χ4v) is 2.17. The van der Waals surface area contributed by atoms with Crippen molar-refractivity contribution in [2.75, 3.05) is 26.2 Å². The lowest BCUT2D eigenvalue weighted by atomic mass is 9.90. The largest absolute Gasteiger partial charge is 0.484 e. The molecule has 0 radical (unpaired) electrons. The first-order chi connectivity index (χ1) is 9.02. The number of nitrogens with zero attached hydrogens (tertiary/aromatic N) is 1. The highest BCUT2D eigenvalue weighted by atomic mass is 35.5. The first-order valence-corrected chi connectivity index (χ1v) is 6.39. The molecule has 1 aliphatic heterocycles. The summed E-state index contributed by atoms with van der Waals surface area (Å²) >= 11 is 0. The van der Waals surface area contributed by atoms with E-state index in [9.17, 15) is 9.18 Å². The number of likely N-dealkylation sites (tertiary alicyclic amines) is 1. The molecule has 2 rings (SSSR count). The molecule has 6 heteroatoms. The minimum Gasteiger partial charge on any atom is -0.484 e. The fourth-order valence-electron chi connectivity index (χ4n) is 2.17. The van der Waals surface area contributed by atoms with E-state index in [1.807, 2.05) is 0 Å². The van der Waals surface area contributed by atoms with Gasteiger partial charge in [0, 0.05) is 13.1 Å². The Hall–Kier alpha value is -1.33. The zero-order valence-electron chi connectivity index (χ0n) is 11.5. The van der Waals surface area contributed by atoms with Gasteiger partial charge >= 0.3 is 0 Å². The van der Waals surface area contributed by atoms with E-state index in [0.29, 0.717) is 18.8 Å². The number of benzene rings is 1. The Bertz CT molecular complexity index is 455. The van der Waals surface area contributed by atoms with Gasteiger partial charge in [0.05, 0.1) is 0 Å². The number of halogens is 2. The van der Waals surface area contributed by atoms with Crippen LogP contribution in [0.4, 0.5) is 4.39 Å². The van der Waals surface area contributed by atoms with Crippen LogP contribution in [0, 0.1) is 11.2 Å². The van der Waals surface area contributed by atoms with Crippen LogP contribution in [0.2, 0.25) is 0 Å². The second-order valence-electron chi connectivity index (χ2n) is 5.32. The van der Waals surface area contributed by atoms with Crippen molar-refractivity contribution in [1.82, 2.24) is 4.90 Å². The van der Waals surface area contributed by atoms with Crippen LogP contribution in [0.25, 0.3) is 0 Å². The maximum absolute atomic E-state index is 12.7. The molecule has 1 heterocycles. The first-order valence-electron chi connectivity index (χ1n) is 6.39. The van der Waals surface area contributed by atoms with Gasteiger partial charge in [0.1, 0.15) is 11.6 Å². The summed E-state index contributed by atoms with van der Waals surface area (Å²) in [5.74, 6) is 0.119. The normalized spacial score (nSPS) is 21.4. The Morgan fingerprint density at radius 1 is 1.45 bits per heavy atom. The lowest BCUT2D eigenvalue weighted by Crippen LogP contribution is -2.36. The van der Waals surface area contributed by atoms with Gasteiger partial charge < -0.3 is 15.4 Å².